The van der Waals surface area contributed by atoms with Crippen molar-refractivity contribution in [2.24, 2.45) is 5.92 Å². The topological polar surface area (TPSA) is 41.5 Å². The number of nitrogens with one attached hydrogen (secondary N) is 1. The third kappa shape index (κ3) is 2.30. The summed E-state index contributed by atoms with van der Waals surface area (Å²) in [5.41, 5.74) is 2.53. The summed E-state index contributed by atoms with van der Waals surface area (Å²) in [6.45, 7) is 0.732. The highest BCUT2D eigenvalue weighted by atomic mass is 16.5. The first-order valence-corrected chi connectivity index (χ1v) is 6.80. The van der Waals surface area contributed by atoms with Crippen LogP contribution in [-0.2, 0) is 11.2 Å². The fraction of sp³-hybridized carbons (Fsp3) is 0.600. The van der Waals surface area contributed by atoms with Crippen molar-refractivity contribution in [1.29, 1.82) is 0 Å². The SMILES string of the molecule is COCC(NC1c2ccccc2CC1O)C1CC1. The van der Waals surface area contributed by atoms with Gasteiger partial charge in [-0.15, -0.1) is 0 Å². The van der Waals surface area contributed by atoms with Crippen LogP contribution in [0, 0.1) is 5.92 Å². The maximum absolute atomic E-state index is 10.2. The maximum atomic E-state index is 10.2. The van der Waals surface area contributed by atoms with Gasteiger partial charge in [0.05, 0.1) is 18.8 Å². The summed E-state index contributed by atoms with van der Waals surface area (Å²) < 4.78 is 5.29. The molecule has 1 saturated carbocycles. The van der Waals surface area contributed by atoms with E-state index in [1.165, 1.54) is 24.0 Å². The molecule has 0 spiro atoms. The monoisotopic (exact) mass is 247 g/mol. The van der Waals surface area contributed by atoms with Crippen LogP contribution in [0.4, 0.5) is 0 Å². The Hall–Kier alpha value is -0.900. The van der Waals surface area contributed by atoms with Crippen molar-refractivity contribution in [2.45, 2.75) is 37.5 Å². The van der Waals surface area contributed by atoms with Gasteiger partial charge in [-0.2, -0.15) is 0 Å². The van der Waals surface area contributed by atoms with Crippen LogP contribution < -0.4 is 5.32 Å². The number of fused-ring (bicyclic) bond motifs is 1. The molecule has 2 aliphatic carbocycles. The lowest BCUT2D eigenvalue weighted by Gasteiger charge is -2.25. The van der Waals surface area contributed by atoms with Gasteiger partial charge in [-0.05, 0) is 29.9 Å². The number of methoxy groups -OCH3 is 1. The van der Waals surface area contributed by atoms with Gasteiger partial charge in [-0.1, -0.05) is 24.3 Å². The average Bonchev–Trinajstić information content (AvgIpc) is 3.15. The van der Waals surface area contributed by atoms with Crippen molar-refractivity contribution in [3.63, 3.8) is 0 Å². The Morgan fingerprint density at radius 2 is 2.17 bits per heavy atom. The van der Waals surface area contributed by atoms with Crippen molar-refractivity contribution in [3.05, 3.63) is 35.4 Å². The first-order valence-electron chi connectivity index (χ1n) is 6.80. The molecule has 0 bridgehead atoms. The van der Waals surface area contributed by atoms with Gasteiger partial charge < -0.3 is 15.2 Å². The van der Waals surface area contributed by atoms with Crippen LogP contribution in [0.1, 0.15) is 30.0 Å². The van der Waals surface area contributed by atoms with Gasteiger partial charge in [0.15, 0.2) is 0 Å². The fourth-order valence-corrected chi connectivity index (χ4v) is 3.00. The average molecular weight is 247 g/mol. The van der Waals surface area contributed by atoms with Crippen LogP contribution in [0.5, 0.6) is 0 Å². The molecule has 1 fully saturated rings. The Kier molecular flexibility index (Phi) is 3.37. The van der Waals surface area contributed by atoms with Gasteiger partial charge in [-0.3, -0.25) is 0 Å². The number of aliphatic hydroxyl groups excluding tert-OH is 1. The zero-order chi connectivity index (χ0) is 12.5. The molecule has 18 heavy (non-hydrogen) atoms. The molecule has 1 aromatic rings. The summed E-state index contributed by atoms with van der Waals surface area (Å²) in [5, 5.41) is 13.8. The van der Waals surface area contributed by atoms with Gasteiger partial charge in [0.2, 0.25) is 0 Å². The molecule has 0 amide bonds. The van der Waals surface area contributed by atoms with Crippen LogP contribution in [0.15, 0.2) is 24.3 Å². The number of aliphatic hydroxyl groups is 1. The van der Waals surface area contributed by atoms with E-state index in [0.717, 1.165) is 18.9 Å². The molecule has 98 valence electrons. The van der Waals surface area contributed by atoms with Crippen molar-refractivity contribution >= 4 is 0 Å². The Labute approximate surface area is 108 Å². The Morgan fingerprint density at radius 1 is 1.39 bits per heavy atom. The Bertz CT molecular complexity index is 417. The van der Waals surface area contributed by atoms with E-state index in [0.29, 0.717) is 6.04 Å². The minimum atomic E-state index is -0.305. The molecule has 0 radical (unpaired) electrons. The zero-order valence-electron chi connectivity index (χ0n) is 10.8. The number of rotatable bonds is 5. The third-order valence-corrected chi connectivity index (χ3v) is 4.13. The number of hydrogen-bond acceptors (Lipinski definition) is 3. The Morgan fingerprint density at radius 3 is 2.89 bits per heavy atom. The lowest BCUT2D eigenvalue weighted by molar-refractivity contribution is 0.106. The second-order valence-electron chi connectivity index (χ2n) is 5.51. The quantitative estimate of drug-likeness (QED) is 0.831. The van der Waals surface area contributed by atoms with Crippen LogP contribution in [0.2, 0.25) is 0 Å². The van der Waals surface area contributed by atoms with E-state index in [9.17, 15) is 5.11 Å². The molecule has 2 N–H and O–H groups in total. The van der Waals surface area contributed by atoms with Crippen molar-refractivity contribution in [1.82, 2.24) is 5.32 Å². The predicted octanol–water partition coefficient (Wildman–Crippen LogP) is 1.66. The van der Waals surface area contributed by atoms with Crippen molar-refractivity contribution in [3.8, 4) is 0 Å². The van der Waals surface area contributed by atoms with Crippen LogP contribution in [-0.4, -0.2) is 31.0 Å². The molecule has 3 atom stereocenters. The predicted molar refractivity (Wildman–Crippen MR) is 70.4 cm³/mol. The van der Waals surface area contributed by atoms with E-state index < -0.39 is 0 Å². The van der Waals surface area contributed by atoms with Crippen molar-refractivity contribution < 1.29 is 9.84 Å². The molecule has 0 saturated heterocycles. The number of hydrogen-bond donors (Lipinski definition) is 2. The number of benzene rings is 1. The fourth-order valence-electron chi connectivity index (χ4n) is 3.00. The molecule has 1 aromatic carbocycles. The summed E-state index contributed by atoms with van der Waals surface area (Å²) in [5.74, 6) is 0.727. The molecule has 0 aromatic heterocycles. The van der Waals surface area contributed by atoms with E-state index in [4.69, 9.17) is 4.74 Å². The highest BCUT2D eigenvalue weighted by Gasteiger charge is 2.37. The standard InChI is InChI=1S/C15H21NO2/c1-18-9-13(10-6-7-10)16-15-12-5-3-2-4-11(12)8-14(15)17/h2-5,10,13-17H,6-9H2,1H3. The van der Waals surface area contributed by atoms with Gasteiger partial charge in [-0.25, -0.2) is 0 Å². The summed E-state index contributed by atoms with van der Waals surface area (Å²) in [4.78, 5) is 0. The minimum absolute atomic E-state index is 0.0713. The first kappa shape index (κ1) is 12.2. The minimum Gasteiger partial charge on any atom is -0.391 e. The number of ether oxygens (including phenoxy) is 1. The molecule has 3 rings (SSSR count). The van der Waals surface area contributed by atoms with E-state index in [2.05, 4.69) is 17.4 Å². The molecule has 3 unspecified atom stereocenters. The van der Waals surface area contributed by atoms with E-state index >= 15 is 0 Å². The lowest BCUT2D eigenvalue weighted by Crippen LogP contribution is -2.41. The van der Waals surface area contributed by atoms with Crippen LogP contribution in [0.3, 0.4) is 0 Å². The zero-order valence-corrected chi connectivity index (χ0v) is 10.8. The van der Waals surface area contributed by atoms with Gasteiger partial charge >= 0.3 is 0 Å². The highest BCUT2D eigenvalue weighted by Crippen LogP contribution is 2.37. The molecule has 3 heteroatoms. The normalized spacial score (nSPS) is 28.1. The molecular formula is C15H21NO2. The summed E-state index contributed by atoms with van der Waals surface area (Å²) >= 11 is 0. The largest absolute Gasteiger partial charge is 0.391 e. The molecular weight excluding hydrogens is 226 g/mol. The van der Waals surface area contributed by atoms with Crippen molar-refractivity contribution in [2.75, 3.05) is 13.7 Å². The third-order valence-electron chi connectivity index (χ3n) is 4.13. The molecule has 0 heterocycles. The second kappa shape index (κ2) is 5.00. The van der Waals surface area contributed by atoms with Gasteiger partial charge in [0, 0.05) is 19.6 Å². The lowest BCUT2D eigenvalue weighted by atomic mass is 10.1. The second-order valence-corrected chi connectivity index (χ2v) is 5.51. The van der Waals surface area contributed by atoms with Crippen LogP contribution >= 0.6 is 0 Å². The first-order chi connectivity index (χ1) is 8.79. The Balaban J connectivity index is 1.75. The summed E-state index contributed by atoms with van der Waals surface area (Å²) in [7, 11) is 1.75. The molecule has 3 nitrogen and oxygen atoms in total. The molecule has 2 aliphatic rings. The van der Waals surface area contributed by atoms with Gasteiger partial charge in [0.25, 0.3) is 0 Å². The maximum Gasteiger partial charge on any atom is 0.0775 e. The highest BCUT2D eigenvalue weighted by molar-refractivity contribution is 5.36. The van der Waals surface area contributed by atoms with Crippen LogP contribution in [0.25, 0.3) is 0 Å². The van der Waals surface area contributed by atoms with Gasteiger partial charge in [0.1, 0.15) is 0 Å². The van der Waals surface area contributed by atoms with E-state index in [1.807, 2.05) is 12.1 Å². The van der Waals surface area contributed by atoms with E-state index in [1.54, 1.807) is 7.11 Å². The summed E-state index contributed by atoms with van der Waals surface area (Å²) in [6.07, 6.45) is 3.02. The smallest absolute Gasteiger partial charge is 0.0775 e. The molecule has 0 aliphatic heterocycles. The van der Waals surface area contributed by atoms with E-state index in [-0.39, 0.29) is 12.1 Å². The summed E-state index contributed by atoms with van der Waals surface area (Å²) in [6, 6.07) is 8.78.